The molecule has 2 rings (SSSR count). The molecule has 0 radical (unpaired) electrons. The molecule has 0 aromatic heterocycles. The van der Waals surface area contributed by atoms with Gasteiger partial charge in [0.15, 0.2) is 9.84 Å². The average molecular weight is 300 g/mol. The molecule has 1 atom stereocenters. The summed E-state index contributed by atoms with van der Waals surface area (Å²) >= 11 is 6.16. The van der Waals surface area contributed by atoms with E-state index < -0.39 is 9.84 Å². The zero-order valence-electron chi connectivity index (χ0n) is 10.8. The predicted molar refractivity (Wildman–Crippen MR) is 79.1 cm³/mol. The Morgan fingerprint density at radius 1 is 1.42 bits per heavy atom. The van der Waals surface area contributed by atoms with Crippen molar-refractivity contribution in [3.63, 3.8) is 0 Å². The van der Waals surface area contributed by atoms with Crippen LogP contribution in [0.25, 0.3) is 0 Å². The van der Waals surface area contributed by atoms with Crippen LogP contribution in [0.15, 0.2) is 36.9 Å². The van der Waals surface area contributed by atoms with Gasteiger partial charge in [0.05, 0.1) is 11.5 Å². The highest BCUT2D eigenvalue weighted by Crippen LogP contribution is 2.23. The smallest absolute Gasteiger partial charge is 0.151 e. The number of hydrogen-bond acceptors (Lipinski definition) is 3. The van der Waals surface area contributed by atoms with Crippen molar-refractivity contribution < 1.29 is 8.42 Å². The van der Waals surface area contributed by atoms with Gasteiger partial charge in [0.25, 0.3) is 0 Å². The minimum absolute atomic E-state index is 0.0688. The Balaban J connectivity index is 2.13. The zero-order valence-corrected chi connectivity index (χ0v) is 12.3. The van der Waals surface area contributed by atoms with Crippen molar-refractivity contribution >= 4 is 21.4 Å². The van der Waals surface area contributed by atoms with Gasteiger partial charge in [-0.15, -0.1) is 6.58 Å². The fraction of sp³-hybridized carbons (Fsp3) is 0.429. The average Bonchev–Trinajstić information content (AvgIpc) is 2.72. The Morgan fingerprint density at radius 2 is 2.16 bits per heavy atom. The molecule has 0 aliphatic carbocycles. The maximum Gasteiger partial charge on any atom is 0.151 e. The van der Waals surface area contributed by atoms with Crippen molar-refractivity contribution in [1.82, 2.24) is 4.90 Å². The van der Waals surface area contributed by atoms with Crippen LogP contribution >= 0.6 is 11.6 Å². The second kappa shape index (κ2) is 6.07. The summed E-state index contributed by atoms with van der Waals surface area (Å²) in [7, 11) is -2.87. The Labute approximate surface area is 119 Å². The minimum Gasteiger partial charge on any atom is -0.291 e. The van der Waals surface area contributed by atoms with Gasteiger partial charge >= 0.3 is 0 Å². The lowest BCUT2D eigenvalue weighted by atomic mass is 10.1. The van der Waals surface area contributed by atoms with Gasteiger partial charge in [-0.2, -0.15) is 0 Å². The van der Waals surface area contributed by atoms with E-state index in [9.17, 15) is 8.42 Å². The Kier molecular flexibility index (Phi) is 4.66. The molecule has 0 N–H and O–H groups in total. The fourth-order valence-electron chi connectivity index (χ4n) is 2.42. The van der Waals surface area contributed by atoms with Gasteiger partial charge in [0, 0.05) is 24.2 Å². The van der Waals surface area contributed by atoms with E-state index in [1.165, 1.54) is 0 Å². The summed E-state index contributed by atoms with van der Waals surface area (Å²) in [6.45, 7) is 5.08. The van der Waals surface area contributed by atoms with E-state index in [0.717, 1.165) is 10.6 Å². The third-order valence-electron chi connectivity index (χ3n) is 3.42. The molecule has 1 unspecified atom stereocenters. The molecule has 104 valence electrons. The Bertz CT molecular complexity index is 556. The predicted octanol–water partition coefficient (Wildman–Crippen LogP) is 2.52. The van der Waals surface area contributed by atoms with Crippen molar-refractivity contribution in [2.24, 2.45) is 0 Å². The normalized spacial score (nSPS) is 21.7. The van der Waals surface area contributed by atoms with E-state index in [0.29, 0.717) is 19.5 Å². The van der Waals surface area contributed by atoms with Gasteiger partial charge in [0.1, 0.15) is 0 Å². The maximum absolute atomic E-state index is 11.6. The van der Waals surface area contributed by atoms with Crippen molar-refractivity contribution in [2.75, 3.05) is 18.1 Å². The first kappa shape index (κ1) is 14.6. The summed E-state index contributed by atoms with van der Waals surface area (Å²) in [5.74, 6) is 0.527. The summed E-state index contributed by atoms with van der Waals surface area (Å²) in [4.78, 5) is 2.14. The van der Waals surface area contributed by atoms with E-state index in [4.69, 9.17) is 11.6 Å². The number of halogens is 1. The second-order valence-corrected chi connectivity index (χ2v) is 7.50. The monoisotopic (exact) mass is 299 g/mol. The lowest BCUT2D eigenvalue weighted by Crippen LogP contribution is -2.35. The summed E-state index contributed by atoms with van der Waals surface area (Å²) in [6, 6.07) is 7.73. The zero-order chi connectivity index (χ0) is 13.9. The second-order valence-electron chi connectivity index (χ2n) is 4.87. The molecule has 0 saturated carbocycles. The van der Waals surface area contributed by atoms with E-state index in [1.54, 1.807) is 0 Å². The molecule has 0 amide bonds. The first-order chi connectivity index (χ1) is 9.02. The first-order valence-corrected chi connectivity index (χ1v) is 8.50. The van der Waals surface area contributed by atoms with Gasteiger partial charge in [-0.1, -0.05) is 35.9 Å². The van der Waals surface area contributed by atoms with E-state index in [-0.39, 0.29) is 17.5 Å². The van der Waals surface area contributed by atoms with Crippen LogP contribution in [0.5, 0.6) is 0 Å². The topological polar surface area (TPSA) is 37.4 Å². The van der Waals surface area contributed by atoms with Crippen LogP contribution in [-0.4, -0.2) is 37.4 Å². The van der Waals surface area contributed by atoms with Crippen LogP contribution in [-0.2, 0) is 16.4 Å². The number of rotatable bonds is 5. The number of sulfone groups is 1. The van der Waals surface area contributed by atoms with Crippen LogP contribution in [0.3, 0.4) is 0 Å². The summed E-state index contributed by atoms with van der Waals surface area (Å²) in [5.41, 5.74) is 1.02. The van der Waals surface area contributed by atoms with Crippen LogP contribution in [0.2, 0.25) is 5.02 Å². The number of hydrogen-bond donors (Lipinski definition) is 0. The molecule has 0 bridgehead atoms. The number of nitrogens with zero attached hydrogens (tertiary/aromatic N) is 1. The first-order valence-electron chi connectivity index (χ1n) is 6.30. The van der Waals surface area contributed by atoms with Gasteiger partial charge < -0.3 is 0 Å². The summed E-state index contributed by atoms with van der Waals surface area (Å²) in [5, 5.41) is 0.720. The molecular formula is C14H18ClNO2S. The molecule has 1 fully saturated rings. The third-order valence-corrected chi connectivity index (χ3v) is 5.54. The molecule has 5 heteroatoms. The van der Waals surface area contributed by atoms with E-state index >= 15 is 0 Å². The quantitative estimate of drug-likeness (QED) is 0.784. The summed E-state index contributed by atoms with van der Waals surface area (Å²) in [6.07, 6.45) is 2.50. The van der Waals surface area contributed by atoms with E-state index in [1.807, 2.05) is 30.3 Å². The van der Waals surface area contributed by atoms with Gasteiger partial charge in [-0.05, 0) is 18.1 Å². The molecule has 1 aliphatic heterocycles. The molecule has 1 heterocycles. The van der Waals surface area contributed by atoms with Crippen LogP contribution in [0, 0.1) is 0 Å². The van der Waals surface area contributed by atoms with Crippen LogP contribution in [0.1, 0.15) is 12.0 Å². The van der Waals surface area contributed by atoms with Gasteiger partial charge in [-0.3, -0.25) is 4.90 Å². The molecule has 1 saturated heterocycles. The van der Waals surface area contributed by atoms with Gasteiger partial charge in [-0.25, -0.2) is 8.42 Å². The minimum atomic E-state index is -2.87. The Hall–Kier alpha value is -0.840. The molecule has 1 aromatic carbocycles. The van der Waals surface area contributed by atoms with Crippen molar-refractivity contribution in [3.05, 3.63) is 47.5 Å². The fourth-order valence-corrected chi connectivity index (χ4v) is 4.37. The van der Waals surface area contributed by atoms with E-state index in [2.05, 4.69) is 11.5 Å². The highest BCUT2D eigenvalue weighted by Gasteiger charge is 2.31. The van der Waals surface area contributed by atoms with Crippen LogP contribution < -0.4 is 0 Å². The van der Waals surface area contributed by atoms with Gasteiger partial charge in [0.2, 0.25) is 0 Å². The molecule has 19 heavy (non-hydrogen) atoms. The molecule has 1 aliphatic rings. The van der Waals surface area contributed by atoms with Crippen LogP contribution in [0.4, 0.5) is 0 Å². The highest BCUT2D eigenvalue weighted by atomic mass is 35.5. The third kappa shape index (κ3) is 3.81. The highest BCUT2D eigenvalue weighted by molar-refractivity contribution is 7.91. The largest absolute Gasteiger partial charge is 0.291 e. The molecule has 1 aromatic rings. The lowest BCUT2D eigenvalue weighted by Gasteiger charge is -2.27. The Morgan fingerprint density at radius 3 is 2.74 bits per heavy atom. The SMILES string of the molecule is C=CCN(Cc1ccccc1Cl)C1CCS(=O)(=O)C1. The van der Waals surface area contributed by atoms with Crippen molar-refractivity contribution in [1.29, 1.82) is 0 Å². The van der Waals surface area contributed by atoms with Crippen molar-refractivity contribution in [3.8, 4) is 0 Å². The number of benzene rings is 1. The summed E-state index contributed by atoms with van der Waals surface area (Å²) < 4.78 is 23.2. The molecular weight excluding hydrogens is 282 g/mol. The molecule has 3 nitrogen and oxygen atoms in total. The standard InChI is InChI=1S/C14H18ClNO2S/c1-2-8-16(13-7-9-19(17,18)11-13)10-12-5-3-4-6-14(12)15/h2-6,13H,1,7-11H2. The lowest BCUT2D eigenvalue weighted by molar-refractivity contribution is 0.227. The molecule has 0 spiro atoms. The van der Waals surface area contributed by atoms with Crippen molar-refractivity contribution in [2.45, 2.75) is 19.0 Å². The maximum atomic E-state index is 11.6.